The van der Waals surface area contributed by atoms with Crippen molar-refractivity contribution in [2.45, 2.75) is 124 Å². The van der Waals surface area contributed by atoms with Gasteiger partial charge in [0, 0.05) is 83.0 Å². The highest BCUT2D eigenvalue weighted by atomic mass is 16.3. The fourth-order valence-electron chi connectivity index (χ4n) is 14.9. The van der Waals surface area contributed by atoms with Crippen LogP contribution in [0.4, 0.5) is 28.4 Å². The summed E-state index contributed by atoms with van der Waals surface area (Å²) < 4.78 is 17.0. The second-order valence-electron chi connectivity index (χ2n) is 29.4. The number of rotatable bonds is 4. The van der Waals surface area contributed by atoms with Crippen LogP contribution in [0, 0.1) is 0 Å². The lowest BCUT2D eigenvalue weighted by atomic mass is 9.43. The van der Waals surface area contributed by atoms with E-state index in [4.69, 9.17) is 8.83 Å². The summed E-state index contributed by atoms with van der Waals surface area (Å²) in [5, 5.41) is 7.02. The van der Waals surface area contributed by atoms with Gasteiger partial charge in [-0.25, -0.2) is 0 Å². The van der Waals surface area contributed by atoms with Gasteiger partial charge in [0.1, 0.15) is 22.3 Å². The van der Waals surface area contributed by atoms with Crippen LogP contribution in [0.15, 0.2) is 191 Å². The number of anilines is 5. The Morgan fingerprint density at radius 2 is 0.976 bits per heavy atom. The van der Waals surface area contributed by atoms with E-state index in [-0.39, 0.29) is 33.9 Å². The summed E-state index contributed by atoms with van der Waals surface area (Å²) >= 11 is 0. The summed E-state index contributed by atoms with van der Waals surface area (Å²) in [6.07, 6.45) is 0. The van der Waals surface area contributed by atoms with Crippen LogP contribution in [0.2, 0.25) is 0 Å². The first-order valence-corrected chi connectivity index (χ1v) is 30.6. The normalized spacial score (nSPS) is 14.5. The van der Waals surface area contributed by atoms with Gasteiger partial charge in [-0.15, -0.1) is 0 Å². The number of nitrogens with zero attached hydrogens (tertiary/aromatic N) is 3. The fraction of sp³-hybridized carbons (Fsp3) is 0.241. The molecule has 13 aromatic rings. The van der Waals surface area contributed by atoms with E-state index in [0.717, 1.165) is 72.5 Å². The Kier molecular flexibility index (Phi) is 10.5. The summed E-state index contributed by atoms with van der Waals surface area (Å²) in [6.45, 7) is 32.2. The minimum atomic E-state index is -0.339. The first-order chi connectivity index (χ1) is 40.4. The number of fused-ring (bicyclic) bond motifs is 19. The average molecular weight is 1110 g/mol. The zero-order valence-corrected chi connectivity index (χ0v) is 51.6. The van der Waals surface area contributed by atoms with Gasteiger partial charge in [-0.3, -0.25) is 0 Å². The molecule has 3 aliphatic rings. The van der Waals surface area contributed by atoms with Gasteiger partial charge in [-0.2, -0.15) is 0 Å². The highest BCUT2D eigenvalue weighted by Crippen LogP contribution is 2.58. The second-order valence-corrected chi connectivity index (χ2v) is 29.4. The van der Waals surface area contributed by atoms with Crippen LogP contribution in [-0.4, -0.2) is 11.4 Å². The van der Waals surface area contributed by atoms with Crippen LogP contribution in [0.5, 0.6) is 0 Å². The standard InChI is InChI=1S/C79H72BN3O2/c1-75(2,3)45-23-30-49(31-24-45)81(50-32-25-46(26-33-50)76(4,5)6)52-36-37-60-55(40-52)56-42-64-59(41-61(56)79(60,13)14)71-72-73-69(70-54-20-16-18-22-67(54)85-74(70)71)58-39-48(78(10,11)12)29-38-63(58)82(73)65-43-57-53-19-15-17-21-66(53)84-68(57)44-62(65)80(72)83(64)51-34-27-47(28-35-51)77(7,8)9/h15-44H,1-14H3. The Morgan fingerprint density at radius 1 is 0.424 bits per heavy atom. The van der Waals surface area contributed by atoms with Gasteiger partial charge in [0.05, 0.1) is 11.0 Å². The third kappa shape index (κ3) is 7.42. The minimum absolute atomic E-state index is 0.0267. The molecule has 2 aliphatic heterocycles. The van der Waals surface area contributed by atoms with Crippen molar-refractivity contribution >= 4 is 112 Å². The van der Waals surface area contributed by atoms with Gasteiger partial charge in [-0.05, 0) is 174 Å². The highest BCUT2D eigenvalue weighted by molar-refractivity contribution is 6.94. The van der Waals surface area contributed by atoms with Crippen molar-refractivity contribution in [2.75, 3.05) is 9.71 Å². The molecule has 0 unspecified atom stereocenters. The molecule has 3 aromatic heterocycles. The Hall–Kier alpha value is -8.74. The Balaban J connectivity index is 1.02. The van der Waals surface area contributed by atoms with Crippen molar-refractivity contribution in [1.82, 2.24) is 4.57 Å². The lowest BCUT2D eigenvalue weighted by Gasteiger charge is -2.42. The van der Waals surface area contributed by atoms with Gasteiger partial charge in [0.25, 0.3) is 0 Å². The second kappa shape index (κ2) is 17.2. The van der Waals surface area contributed by atoms with E-state index in [0.29, 0.717) is 0 Å². The predicted molar refractivity (Wildman–Crippen MR) is 361 cm³/mol. The largest absolute Gasteiger partial charge is 0.456 e. The lowest BCUT2D eigenvalue weighted by Crippen LogP contribution is -2.60. The topological polar surface area (TPSA) is 37.7 Å². The molecule has 0 saturated heterocycles. The molecular weight excluding hydrogens is 1030 g/mol. The van der Waals surface area contributed by atoms with Crippen LogP contribution in [0.3, 0.4) is 0 Å². The van der Waals surface area contributed by atoms with E-state index in [1.54, 1.807) is 0 Å². The third-order valence-corrected chi connectivity index (χ3v) is 19.6. The number of aromatic nitrogens is 1. The molecule has 0 fully saturated rings. The average Bonchev–Trinajstić information content (AvgIpc) is 1.58. The molecule has 418 valence electrons. The van der Waals surface area contributed by atoms with E-state index < -0.39 is 0 Å². The van der Waals surface area contributed by atoms with Crippen LogP contribution < -0.4 is 20.6 Å². The monoisotopic (exact) mass is 1110 g/mol. The van der Waals surface area contributed by atoms with Crippen molar-refractivity contribution < 1.29 is 8.83 Å². The Morgan fingerprint density at radius 3 is 1.60 bits per heavy atom. The summed E-state index contributed by atoms with van der Waals surface area (Å²) in [5.41, 5.74) is 27.6. The summed E-state index contributed by atoms with van der Waals surface area (Å²) in [4.78, 5) is 5.13. The molecule has 0 N–H and O–H groups in total. The van der Waals surface area contributed by atoms with E-state index in [1.165, 1.54) is 93.9 Å². The van der Waals surface area contributed by atoms with Crippen molar-refractivity contribution in [2.24, 2.45) is 0 Å². The molecule has 0 atom stereocenters. The van der Waals surface area contributed by atoms with Gasteiger partial charge in [0.2, 0.25) is 0 Å². The van der Waals surface area contributed by atoms with Crippen LogP contribution in [0.25, 0.3) is 93.6 Å². The first-order valence-electron chi connectivity index (χ1n) is 30.6. The molecule has 1 aliphatic carbocycles. The van der Waals surface area contributed by atoms with E-state index in [2.05, 4.69) is 293 Å². The summed E-state index contributed by atoms with van der Waals surface area (Å²) in [7, 11) is 0. The van der Waals surface area contributed by atoms with Gasteiger partial charge >= 0.3 is 6.85 Å². The van der Waals surface area contributed by atoms with Gasteiger partial charge < -0.3 is 23.1 Å². The molecule has 6 heteroatoms. The van der Waals surface area contributed by atoms with Crippen LogP contribution in [0.1, 0.15) is 130 Å². The molecule has 0 amide bonds. The SMILES string of the molecule is CC(C)(C)c1ccc(N2B3c4cc5oc6ccccc6c5cc4-n4c5ccc(C(C)(C)C)cc5c5c6c(oc7ccccc76)c(c3c54)-c3cc4c(cc32)-c2cc(N(c3ccc(C(C)(C)C)cc3)c3ccc(C(C)(C)C)cc3)ccc2C4(C)C)cc1. The Bertz CT molecular complexity index is 4940. The smallest absolute Gasteiger partial charge is 0.333 e. The lowest BCUT2D eigenvalue weighted by molar-refractivity contribution is 0.590. The Labute approximate surface area is 499 Å². The fourth-order valence-corrected chi connectivity index (χ4v) is 14.9. The van der Waals surface area contributed by atoms with Crippen LogP contribution in [-0.2, 0) is 27.1 Å². The number of furan rings is 2. The molecule has 0 radical (unpaired) electrons. The molecule has 10 aromatic carbocycles. The summed E-state index contributed by atoms with van der Waals surface area (Å²) in [5.74, 6) is 0. The van der Waals surface area contributed by atoms with Crippen LogP contribution >= 0.6 is 0 Å². The molecule has 5 nitrogen and oxygen atoms in total. The van der Waals surface area contributed by atoms with Crippen molar-refractivity contribution in [3.05, 3.63) is 215 Å². The minimum Gasteiger partial charge on any atom is -0.456 e. The van der Waals surface area contributed by atoms with Gasteiger partial charge in [0.15, 0.2) is 0 Å². The number of benzene rings is 10. The first kappa shape index (κ1) is 51.9. The predicted octanol–water partition coefficient (Wildman–Crippen LogP) is 20.8. The van der Waals surface area contributed by atoms with Crippen molar-refractivity contribution in [3.63, 3.8) is 0 Å². The number of hydrogen-bond acceptors (Lipinski definition) is 4. The van der Waals surface area contributed by atoms with E-state index >= 15 is 0 Å². The summed E-state index contributed by atoms with van der Waals surface area (Å²) in [6, 6.07) is 69.6. The number of hydrogen-bond donors (Lipinski definition) is 0. The maximum Gasteiger partial charge on any atom is 0.333 e. The molecule has 5 heterocycles. The molecule has 0 spiro atoms. The zero-order valence-electron chi connectivity index (χ0n) is 51.6. The zero-order chi connectivity index (χ0) is 58.8. The van der Waals surface area contributed by atoms with Crippen molar-refractivity contribution in [1.29, 1.82) is 0 Å². The molecule has 0 bridgehead atoms. The molecule has 0 saturated carbocycles. The van der Waals surface area contributed by atoms with Gasteiger partial charge in [-0.1, -0.05) is 182 Å². The quantitative estimate of drug-likeness (QED) is 0.165. The third-order valence-electron chi connectivity index (χ3n) is 19.6. The maximum absolute atomic E-state index is 7.50. The molecule has 16 rings (SSSR count). The highest BCUT2D eigenvalue weighted by Gasteiger charge is 2.48. The van der Waals surface area contributed by atoms with E-state index in [1.807, 2.05) is 0 Å². The van der Waals surface area contributed by atoms with Crippen molar-refractivity contribution in [3.8, 4) is 27.9 Å². The molecule has 85 heavy (non-hydrogen) atoms. The number of para-hydroxylation sites is 2. The van der Waals surface area contributed by atoms with E-state index in [9.17, 15) is 0 Å². The maximum atomic E-state index is 7.50. The molecular formula is C79H72BN3O2.